The molecule has 0 aromatic carbocycles. The van der Waals surface area contributed by atoms with Gasteiger partial charge >= 0.3 is 0 Å². The fraction of sp³-hybridized carbons (Fsp3) is 0.300. The number of pyridine rings is 1. The summed E-state index contributed by atoms with van der Waals surface area (Å²) in [7, 11) is 0. The molecule has 0 saturated carbocycles. The Morgan fingerprint density at radius 1 is 1.25 bits per heavy atom. The summed E-state index contributed by atoms with van der Waals surface area (Å²) in [6.45, 7) is 3.30. The van der Waals surface area contributed by atoms with Crippen molar-refractivity contribution in [2.75, 3.05) is 13.1 Å². The molecule has 0 N–H and O–H groups in total. The molecule has 4 aromatic rings. The van der Waals surface area contributed by atoms with Crippen LogP contribution in [0.3, 0.4) is 0 Å². The molecule has 4 aromatic heterocycles. The van der Waals surface area contributed by atoms with Crippen molar-refractivity contribution >= 4 is 22.9 Å². The van der Waals surface area contributed by atoms with E-state index in [0.29, 0.717) is 18.0 Å². The van der Waals surface area contributed by atoms with E-state index in [-0.39, 0.29) is 11.8 Å². The van der Waals surface area contributed by atoms with Crippen molar-refractivity contribution in [2.24, 2.45) is 0 Å². The molecule has 0 unspecified atom stereocenters. The van der Waals surface area contributed by atoms with E-state index in [1.165, 1.54) is 11.3 Å². The summed E-state index contributed by atoms with van der Waals surface area (Å²) in [4.78, 5) is 20.5. The Kier molecular flexibility index (Phi) is 4.20. The predicted molar refractivity (Wildman–Crippen MR) is 105 cm³/mol. The molecule has 142 valence electrons. The summed E-state index contributed by atoms with van der Waals surface area (Å²) >= 11 is 1.49. The lowest BCUT2D eigenvalue weighted by Crippen LogP contribution is -2.40. The number of fused-ring (bicyclic) bond motifs is 1. The van der Waals surface area contributed by atoms with Crippen LogP contribution in [-0.2, 0) is 0 Å². The third-order valence-corrected chi connectivity index (χ3v) is 6.13. The second-order valence-corrected chi connectivity index (χ2v) is 8.18. The van der Waals surface area contributed by atoms with Gasteiger partial charge in [0.2, 0.25) is 0 Å². The molecule has 0 bridgehead atoms. The zero-order valence-electron chi connectivity index (χ0n) is 15.4. The molecular formula is C20H19N5O2S. The largest absolute Gasteiger partial charge is 0.462 e. The second kappa shape index (κ2) is 6.87. The minimum atomic E-state index is -0.0231. The van der Waals surface area contributed by atoms with Crippen molar-refractivity contribution < 1.29 is 9.21 Å². The smallest absolute Gasteiger partial charge is 0.273 e. The molecule has 1 atom stereocenters. The van der Waals surface area contributed by atoms with Gasteiger partial charge in [-0.05, 0) is 44.0 Å². The van der Waals surface area contributed by atoms with Gasteiger partial charge in [0.25, 0.3) is 5.91 Å². The van der Waals surface area contributed by atoms with Crippen molar-refractivity contribution in [3.05, 3.63) is 59.2 Å². The van der Waals surface area contributed by atoms with Crippen molar-refractivity contribution in [3.8, 4) is 10.8 Å². The molecule has 5 rings (SSSR count). The summed E-state index contributed by atoms with van der Waals surface area (Å²) in [5.41, 5.74) is 1.35. The standard InChI is InChI=1S/C20H19N5O2S/c1-13-17(21-19(28-13)15-7-5-11-27-15)20(26)24-9-4-6-14(12-24)18-23-22-16-8-2-3-10-25(16)18/h2-3,5,7-8,10-11,14H,4,6,9,12H2,1H3/t14-/m1/s1. The van der Waals surface area contributed by atoms with Crippen LogP contribution in [0.5, 0.6) is 0 Å². The Balaban J connectivity index is 1.40. The number of rotatable bonds is 3. The number of thiazole rings is 1. The van der Waals surface area contributed by atoms with Gasteiger partial charge in [0.1, 0.15) is 11.5 Å². The minimum absolute atomic E-state index is 0.0231. The second-order valence-electron chi connectivity index (χ2n) is 6.98. The summed E-state index contributed by atoms with van der Waals surface area (Å²) in [6, 6.07) is 9.55. The number of hydrogen-bond donors (Lipinski definition) is 0. The highest BCUT2D eigenvalue weighted by atomic mass is 32.1. The van der Waals surface area contributed by atoms with Crippen molar-refractivity contribution in [3.63, 3.8) is 0 Å². The van der Waals surface area contributed by atoms with Gasteiger partial charge < -0.3 is 9.32 Å². The molecule has 1 amide bonds. The van der Waals surface area contributed by atoms with Crippen LogP contribution in [0.2, 0.25) is 0 Å². The Bertz CT molecular complexity index is 1130. The highest BCUT2D eigenvalue weighted by Crippen LogP contribution is 2.31. The SMILES string of the molecule is Cc1sc(-c2ccco2)nc1C(=O)N1CCC[C@@H](c2nnc3ccccn23)C1. The van der Waals surface area contributed by atoms with Gasteiger partial charge in [-0.3, -0.25) is 9.20 Å². The summed E-state index contributed by atoms with van der Waals surface area (Å²) in [6.07, 6.45) is 5.52. The molecule has 1 saturated heterocycles. The maximum absolute atomic E-state index is 13.2. The number of carbonyl (C=O) groups is 1. The van der Waals surface area contributed by atoms with E-state index in [2.05, 4.69) is 15.2 Å². The first kappa shape index (κ1) is 17.1. The van der Waals surface area contributed by atoms with Crippen LogP contribution in [-0.4, -0.2) is 43.5 Å². The quantitative estimate of drug-likeness (QED) is 0.529. The topological polar surface area (TPSA) is 76.5 Å². The van der Waals surface area contributed by atoms with Gasteiger partial charge in [-0.25, -0.2) is 4.98 Å². The number of piperidine rings is 1. The number of furan rings is 1. The lowest BCUT2D eigenvalue weighted by Gasteiger charge is -2.31. The Hall–Kier alpha value is -3.00. The molecular weight excluding hydrogens is 374 g/mol. The van der Waals surface area contributed by atoms with Gasteiger partial charge in [0.05, 0.1) is 6.26 Å². The number of carbonyl (C=O) groups excluding carboxylic acids is 1. The van der Waals surface area contributed by atoms with Crippen LogP contribution >= 0.6 is 11.3 Å². The van der Waals surface area contributed by atoms with Gasteiger partial charge in [-0.1, -0.05) is 6.07 Å². The third-order valence-electron chi connectivity index (χ3n) is 5.14. The maximum Gasteiger partial charge on any atom is 0.273 e. The first-order valence-corrected chi connectivity index (χ1v) is 10.1. The third kappa shape index (κ3) is 2.90. The molecule has 0 spiro atoms. The van der Waals surface area contributed by atoms with E-state index >= 15 is 0 Å². The molecule has 7 nitrogen and oxygen atoms in total. The normalized spacial score (nSPS) is 17.3. The molecule has 28 heavy (non-hydrogen) atoms. The molecule has 5 heterocycles. The maximum atomic E-state index is 13.2. The van der Waals surface area contributed by atoms with E-state index < -0.39 is 0 Å². The summed E-state index contributed by atoms with van der Waals surface area (Å²) < 4.78 is 7.44. The summed E-state index contributed by atoms with van der Waals surface area (Å²) in [5.74, 6) is 1.75. The summed E-state index contributed by atoms with van der Waals surface area (Å²) in [5, 5.41) is 9.38. The van der Waals surface area contributed by atoms with Crippen LogP contribution in [0.1, 0.15) is 39.9 Å². The van der Waals surface area contributed by atoms with Crippen molar-refractivity contribution in [1.29, 1.82) is 0 Å². The van der Waals surface area contributed by atoms with Crippen molar-refractivity contribution in [2.45, 2.75) is 25.7 Å². The van der Waals surface area contributed by atoms with Crippen molar-refractivity contribution in [1.82, 2.24) is 24.5 Å². The van der Waals surface area contributed by atoms with E-state index in [1.54, 1.807) is 6.26 Å². The van der Waals surface area contributed by atoms with E-state index in [0.717, 1.165) is 40.7 Å². The zero-order chi connectivity index (χ0) is 19.1. The van der Waals surface area contributed by atoms with Crippen LogP contribution in [0.25, 0.3) is 16.4 Å². The number of aryl methyl sites for hydroxylation is 1. The Morgan fingerprint density at radius 3 is 3.04 bits per heavy atom. The van der Waals surface area contributed by atoms with Gasteiger partial charge in [0, 0.05) is 30.1 Å². The monoisotopic (exact) mass is 393 g/mol. The first-order chi connectivity index (χ1) is 13.7. The number of aromatic nitrogens is 4. The zero-order valence-corrected chi connectivity index (χ0v) is 16.2. The number of likely N-dealkylation sites (tertiary alicyclic amines) is 1. The van der Waals surface area contributed by atoms with Crippen LogP contribution in [0.4, 0.5) is 0 Å². The van der Waals surface area contributed by atoms with Crippen LogP contribution in [0.15, 0.2) is 47.2 Å². The minimum Gasteiger partial charge on any atom is -0.462 e. The molecule has 1 fully saturated rings. The first-order valence-electron chi connectivity index (χ1n) is 9.31. The van der Waals surface area contributed by atoms with Gasteiger partial charge in [-0.2, -0.15) is 0 Å². The average Bonchev–Trinajstić information content (AvgIpc) is 3.47. The number of hydrogen-bond acceptors (Lipinski definition) is 6. The lowest BCUT2D eigenvalue weighted by molar-refractivity contribution is 0.0698. The fourth-order valence-corrected chi connectivity index (χ4v) is 4.63. The molecule has 8 heteroatoms. The molecule has 1 aliphatic heterocycles. The highest BCUT2D eigenvalue weighted by Gasteiger charge is 2.30. The van der Waals surface area contributed by atoms with Gasteiger partial charge in [0.15, 0.2) is 16.4 Å². The number of amides is 1. The van der Waals surface area contributed by atoms with Gasteiger partial charge in [-0.15, -0.1) is 21.5 Å². The highest BCUT2D eigenvalue weighted by molar-refractivity contribution is 7.15. The number of nitrogens with zero attached hydrogens (tertiary/aromatic N) is 5. The Labute approximate surface area is 165 Å². The van der Waals surface area contributed by atoms with E-state index in [1.807, 2.05) is 52.8 Å². The fourth-order valence-electron chi connectivity index (χ4n) is 3.76. The molecule has 0 radical (unpaired) electrons. The van der Waals surface area contributed by atoms with Crippen LogP contribution < -0.4 is 0 Å². The Morgan fingerprint density at radius 2 is 2.18 bits per heavy atom. The average molecular weight is 393 g/mol. The molecule has 0 aliphatic carbocycles. The van der Waals surface area contributed by atoms with Crippen LogP contribution in [0, 0.1) is 6.92 Å². The van der Waals surface area contributed by atoms with E-state index in [4.69, 9.17) is 4.42 Å². The predicted octanol–water partition coefficient (Wildman–Crippen LogP) is 3.77. The van der Waals surface area contributed by atoms with E-state index in [9.17, 15) is 4.79 Å². The lowest BCUT2D eigenvalue weighted by atomic mass is 9.97. The molecule has 1 aliphatic rings.